The van der Waals surface area contributed by atoms with Gasteiger partial charge in [-0.05, 0) is 37.6 Å². The Labute approximate surface area is 111 Å². The normalized spacial score (nSPS) is 10.2. The van der Waals surface area contributed by atoms with E-state index in [2.05, 4.69) is 4.98 Å². The molecule has 1 aromatic heterocycles. The molecule has 4 heteroatoms. The molecule has 0 saturated carbocycles. The van der Waals surface area contributed by atoms with E-state index in [1.807, 2.05) is 26.0 Å². The van der Waals surface area contributed by atoms with Gasteiger partial charge in [-0.1, -0.05) is 19.1 Å². The summed E-state index contributed by atoms with van der Waals surface area (Å²) in [5.74, 6) is -0.0779. The molecule has 1 heterocycles. The van der Waals surface area contributed by atoms with E-state index in [1.54, 1.807) is 18.2 Å². The number of aryl methyl sites for hydroxylation is 2. The van der Waals surface area contributed by atoms with Crippen molar-refractivity contribution in [3.63, 3.8) is 0 Å². The highest BCUT2D eigenvalue weighted by molar-refractivity contribution is 5.90. The summed E-state index contributed by atoms with van der Waals surface area (Å²) in [6.45, 7) is 3.89. The molecule has 0 amide bonds. The van der Waals surface area contributed by atoms with Gasteiger partial charge in [0.15, 0.2) is 0 Å². The van der Waals surface area contributed by atoms with Gasteiger partial charge in [0.25, 0.3) is 0 Å². The predicted molar refractivity (Wildman–Crippen MR) is 71.8 cm³/mol. The average Bonchev–Trinajstić information content (AvgIpc) is 2.41. The van der Waals surface area contributed by atoms with Crippen molar-refractivity contribution in [2.24, 2.45) is 0 Å². The van der Waals surface area contributed by atoms with Gasteiger partial charge in [-0.25, -0.2) is 4.79 Å². The second-order valence-electron chi connectivity index (χ2n) is 4.15. The Morgan fingerprint density at radius 3 is 2.63 bits per heavy atom. The zero-order valence-corrected chi connectivity index (χ0v) is 10.9. The molecule has 1 aromatic carbocycles. The van der Waals surface area contributed by atoms with Crippen molar-refractivity contribution in [1.82, 2.24) is 4.98 Å². The van der Waals surface area contributed by atoms with Crippen molar-refractivity contribution in [1.29, 1.82) is 0 Å². The lowest BCUT2D eigenvalue weighted by molar-refractivity contribution is 0.0694. The lowest BCUT2D eigenvalue weighted by atomic mass is 10.2. The first kappa shape index (κ1) is 13.1. The molecule has 0 saturated heterocycles. The fourth-order valence-electron chi connectivity index (χ4n) is 1.79. The van der Waals surface area contributed by atoms with Crippen LogP contribution in [0, 0.1) is 6.92 Å². The van der Waals surface area contributed by atoms with Crippen LogP contribution in [0.25, 0.3) is 0 Å². The maximum Gasteiger partial charge on any atom is 0.339 e. The second-order valence-corrected chi connectivity index (χ2v) is 4.15. The van der Waals surface area contributed by atoms with Crippen LogP contribution in [0.3, 0.4) is 0 Å². The number of nitrogens with zero attached hydrogens (tertiary/aromatic N) is 1. The van der Waals surface area contributed by atoms with E-state index in [4.69, 9.17) is 9.84 Å². The van der Waals surface area contributed by atoms with Crippen molar-refractivity contribution < 1.29 is 14.6 Å². The summed E-state index contributed by atoms with van der Waals surface area (Å²) < 4.78 is 5.70. The Morgan fingerprint density at radius 1 is 1.21 bits per heavy atom. The number of benzene rings is 1. The SMILES string of the molecule is CCc1nc(C)ccc1Oc1ccccc1C(=O)O. The summed E-state index contributed by atoms with van der Waals surface area (Å²) in [5, 5.41) is 9.12. The maximum absolute atomic E-state index is 11.1. The number of para-hydroxylation sites is 1. The lowest BCUT2D eigenvalue weighted by Crippen LogP contribution is -2.01. The monoisotopic (exact) mass is 257 g/mol. The van der Waals surface area contributed by atoms with Gasteiger partial charge >= 0.3 is 5.97 Å². The number of carboxylic acid groups (broad SMARTS) is 1. The van der Waals surface area contributed by atoms with Crippen molar-refractivity contribution in [3.8, 4) is 11.5 Å². The number of hydrogen-bond donors (Lipinski definition) is 1. The van der Waals surface area contributed by atoms with E-state index >= 15 is 0 Å². The highest BCUT2D eigenvalue weighted by atomic mass is 16.5. The fourth-order valence-corrected chi connectivity index (χ4v) is 1.79. The number of aromatic nitrogens is 1. The Balaban J connectivity index is 2.39. The van der Waals surface area contributed by atoms with E-state index in [0.29, 0.717) is 11.5 Å². The first-order valence-electron chi connectivity index (χ1n) is 6.08. The standard InChI is InChI=1S/C15H15NO3/c1-3-12-14(9-8-10(2)16-12)19-13-7-5-4-6-11(13)15(17)18/h4-9H,3H2,1-2H3,(H,17,18). The molecule has 0 atom stereocenters. The molecule has 0 fully saturated rings. The molecule has 98 valence electrons. The number of carboxylic acids is 1. The van der Waals surface area contributed by atoms with Crippen LogP contribution in [0.5, 0.6) is 11.5 Å². The minimum atomic E-state index is -1.01. The van der Waals surface area contributed by atoms with Gasteiger partial charge in [0.05, 0.1) is 5.69 Å². The van der Waals surface area contributed by atoms with Gasteiger partial charge < -0.3 is 9.84 Å². The molecule has 1 N–H and O–H groups in total. The van der Waals surface area contributed by atoms with Gasteiger partial charge in [-0.15, -0.1) is 0 Å². The molecule has 2 aromatic rings. The summed E-state index contributed by atoms with van der Waals surface area (Å²) in [7, 11) is 0. The summed E-state index contributed by atoms with van der Waals surface area (Å²) in [6.07, 6.45) is 0.728. The number of pyridine rings is 1. The Bertz CT molecular complexity index is 608. The van der Waals surface area contributed by atoms with Crippen LogP contribution in [0.4, 0.5) is 0 Å². The molecule has 0 bridgehead atoms. The largest absolute Gasteiger partial charge is 0.478 e. The van der Waals surface area contributed by atoms with Gasteiger partial charge in [-0.3, -0.25) is 4.98 Å². The first-order valence-corrected chi connectivity index (χ1v) is 6.08. The molecule has 4 nitrogen and oxygen atoms in total. The van der Waals surface area contributed by atoms with Crippen molar-refractivity contribution >= 4 is 5.97 Å². The molecule has 0 aliphatic rings. The topological polar surface area (TPSA) is 59.4 Å². The average molecular weight is 257 g/mol. The van der Waals surface area contributed by atoms with E-state index in [9.17, 15) is 4.79 Å². The number of ether oxygens (including phenoxy) is 1. The van der Waals surface area contributed by atoms with Crippen LogP contribution >= 0.6 is 0 Å². The zero-order valence-electron chi connectivity index (χ0n) is 10.9. The molecule has 0 spiro atoms. The van der Waals surface area contributed by atoms with Gasteiger partial charge in [0, 0.05) is 5.69 Å². The van der Waals surface area contributed by atoms with E-state index in [0.717, 1.165) is 17.8 Å². The zero-order chi connectivity index (χ0) is 13.8. The van der Waals surface area contributed by atoms with E-state index in [1.165, 1.54) is 6.07 Å². The van der Waals surface area contributed by atoms with E-state index < -0.39 is 5.97 Å². The van der Waals surface area contributed by atoms with Crippen molar-refractivity contribution in [2.75, 3.05) is 0 Å². The summed E-state index contributed by atoms with van der Waals surface area (Å²) in [6, 6.07) is 10.2. The minimum absolute atomic E-state index is 0.144. The minimum Gasteiger partial charge on any atom is -0.478 e. The third kappa shape index (κ3) is 2.91. The predicted octanol–water partition coefficient (Wildman–Crippen LogP) is 3.44. The summed E-state index contributed by atoms with van der Waals surface area (Å²) in [4.78, 5) is 15.5. The molecule has 0 aliphatic carbocycles. The third-order valence-electron chi connectivity index (χ3n) is 2.74. The Morgan fingerprint density at radius 2 is 1.95 bits per heavy atom. The number of rotatable bonds is 4. The number of aromatic carboxylic acids is 1. The maximum atomic E-state index is 11.1. The smallest absolute Gasteiger partial charge is 0.339 e. The summed E-state index contributed by atoms with van der Waals surface area (Å²) >= 11 is 0. The molecule has 0 unspecified atom stereocenters. The Hall–Kier alpha value is -2.36. The molecular weight excluding hydrogens is 242 g/mol. The van der Waals surface area contributed by atoms with Crippen LogP contribution in [0.2, 0.25) is 0 Å². The summed E-state index contributed by atoms with van der Waals surface area (Å²) in [5.41, 5.74) is 1.88. The highest BCUT2D eigenvalue weighted by Crippen LogP contribution is 2.27. The highest BCUT2D eigenvalue weighted by Gasteiger charge is 2.13. The van der Waals surface area contributed by atoms with Crippen LogP contribution in [-0.2, 0) is 6.42 Å². The first-order chi connectivity index (χ1) is 9.11. The van der Waals surface area contributed by atoms with Gasteiger partial charge in [0.1, 0.15) is 17.1 Å². The van der Waals surface area contributed by atoms with Crippen molar-refractivity contribution in [3.05, 3.63) is 53.3 Å². The Kier molecular flexibility index (Phi) is 3.80. The molecule has 19 heavy (non-hydrogen) atoms. The van der Waals surface area contributed by atoms with Crippen molar-refractivity contribution in [2.45, 2.75) is 20.3 Å². The number of hydrogen-bond acceptors (Lipinski definition) is 3. The van der Waals surface area contributed by atoms with Crippen LogP contribution in [-0.4, -0.2) is 16.1 Å². The van der Waals surface area contributed by atoms with Gasteiger partial charge in [-0.2, -0.15) is 0 Å². The molecule has 0 radical (unpaired) electrons. The van der Waals surface area contributed by atoms with Crippen LogP contribution in [0.1, 0.15) is 28.7 Å². The lowest BCUT2D eigenvalue weighted by Gasteiger charge is -2.11. The third-order valence-corrected chi connectivity index (χ3v) is 2.74. The second kappa shape index (κ2) is 5.52. The molecule has 0 aliphatic heterocycles. The molecular formula is C15H15NO3. The van der Waals surface area contributed by atoms with Gasteiger partial charge in [0.2, 0.25) is 0 Å². The molecule has 2 rings (SSSR count). The number of carbonyl (C=O) groups is 1. The quantitative estimate of drug-likeness (QED) is 0.911. The van der Waals surface area contributed by atoms with Crippen LogP contribution < -0.4 is 4.74 Å². The van der Waals surface area contributed by atoms with Crippen LogP contribution in [0.15, 0.2) is 36.4 Å². The van der Waals surface area contributed by atoms with E-state index in [-0.39, 0.29) is 5.56 Å². The fraction of sp³-hybridized carbons (Fsp3) is 0.200.